The van der Waals surface area contributed by atoms with Crippen LogP contribution in [0.15, 0.2) is 24.3 Å². The lowest BCUT2D eigenvalue weighted by molar-refractivity contribution is -0.901. The van der Waals surface area contributed by atoms with Gasteiger partial charge in [-0.15, -0.1) is 0 Å². The Kier molecular flexibility index (Phi) is 5.71. The maximum absolute atomic E-state index is 13.1. The third-order valence-corrected chi connectivity index (χ3v) is 6.40. The average Bonchev–Trinajstić information content (AvgIpc) is 2.86. The van der Waals surface area contributed by atoms with Gasteiger partial charge in [-0.3, -0.25) is 4.79 Å². The van der Waals surface area contributed by atoms with Gasteiger partial charge in [0.15, 0.2) is 6.67 Å². The summed E-state index contributed by atoms with van der Waals surface area (Å²) in [5.74, 6) is 1.38. The highest BCUT2D eigenvalue weighted by atomic mass is 16.5. The third-order valence-electron chi connectivity index (χ3n) is 6.40. The summed E-state index contributed by atoms with van der Waals surface area (Å²) < 4.78 is 5.19. The minimum absolute atomic E-state index is 0.0426. The quantitative estimate of drug-likeness (QED) is 0.760. The van der Waals surface area contributed by atoms with E-state index in [0.29, 0.717) is 12.6 Å². The Morgan fingerprint density at radius 1 is 1.18 bits per heavy atom. The monoisotopic (exact) mass is 388 g/mol. The molecular weight excluding hydrogens is 354 g/mol. The summed E-state index contributed by atoms with van der Waals surface area (Å²) in [6.45, 7) is 7.89. The number of hydrogen-bond acceptors (Lipinski definition) is 3. The van der Waals surface area contributed by atoms with Crippen LogP contribution in [0, 0.1) is 11.3 Å². The highest BCUT2D eigenvalue weighted by molar-refractivity contribution is 6.06. The minimum Gasteiger partial charge on any atom is -0.497 e. The second-order valence-corrected chi connectivity index (χ2v) is 9.53. The van der Waals surface area contributed by atoms with Gasteiger partial charge in [0.1, 0.15) is 17.8 Å². The Balaban J connectivity index is 1.60. The lowest BCUT2D eigenvalue weighted by atomic mass is 9.67. The first-order chi connectivity index (χ1) is 13.1. The number of methoxy groups -OCH3 is 1. The van der Waals surface area contributed by atoms with Crippen LogP contribution in [0.1, 0.15) is 52.0 Å². The first-order valence-electron chi connectivity index (χ1n) is 10.2. The fraction of sp³-hybridized carbons (Fsp3) is 0.636. The van der Waals surface area contributed by atoms with E-state index in [1.807, 2.05) is 31.3 Å². The molecule has 28 heavy (non-hydrogen) atoms. The molecule has 0 bridgehead atoms. The standard InChI is InChI=1S/C22H33N3O3/c1-21(2,3)17-10-12-22(13-11-17)19(26)25(20(27)23-22)15-24(4)14-16-6-8-18(28-5)9-7-16/h6-9,17H,10-15H2,1-5H3,(H,23,27)/p+1. The molecule has 1 spiro atoms. The van der Waals surface area contributed by atoms with Gasteiger partial charge >= 0.3 is 6.03 Å². The number of imide groups is 1. The number of nitrogens with one attached hydrogen (secondary N) is 2. The van der Waals surface area contributed by atoms with Crippen molar-refractivity contribution in [1.29, 1.82) is 0 Å². The molecule has 6 nitrogen and oxygen atoms in total. The van der Waals surface area contributed by atoms with Crippen molar-refractivity contribution >= 4 is 11.9 Å². The molecule has 2 N–H and O–H groups in total. The normalized spacial score (nSPS) is 26.5. The maximum Gasteiger partial charge on any atom is 0.329 e. The molecule has 0 radical (unpaired) electrons. The summed E-state index contributed by atoms with van der Waals surface area (Å²) in [5.41, 5.74) is 0.709. The predicted molar refractivity (Wildman–Crippen MR) is 108 cm³/mol. The molecule has 2 fully saturated rings. The van der Waals surface area contributed by atoms with Crippen LogP contribution in [0.3, 0.4) is 0 Å². The fourth-order valence-electron chi connectivity index (χ4n) is 4.55. The Bertz CT molecular complexity index is 716. The molecule has 1 heterocycles. The molecule has 154 valence electrons. The Morgan fingerprint density at radius 2 is 1.79 bits per heavy atom. The molecule has 3 amide bonds. The average molecular weight is 389 g/mol. The molecule has 0 aromatic heterocycles. The van der Waals surface area contributed by atoms with Gasteiger partial charge in [0, 0.05) is 5.56 Å². The van der Waals surface area contributed by atoms with Crippen molar-refractivity contribution in [3.05, 3.63) is 29.8 Å². The van der Waals surface area contributed by atoms with Crippen LogP contribution in [0.25, 0.3) is 0 Å². The molecule has 1 aliphatic heterocycles. The number of benzene rings is 1. The smallest absolute Gasteiger partial charge is 0.329 e. The molecular formula is C22H34N3O3+. The largest absolute Gasteiger partial charge is 0.497 e. The van der Waals surface area contributed by atoms with Crippen LogP contribution in [-0.2, 0) is 11.3 Å². The van der Waals surface area contributed by atoms with E-state index in [2.05, 4.69) is 26.1 Å². The van der Waals surface area contributed by atoms with Gasteiger partial charge in [0.2, 0.25) is 0 Å². The molecule has 3 rings (SSSR count). The van der Waals surface area contributed by atoms with Crippen molar-refractivity contribution in [3.63, 3.8) is 0 Å². The highest BCUT2D eigenvalue weighted by Gasteiger charge is 2.53. The SMILES string of the molecule is COc1ccc(C[NH+](C)CN2C(=O)NC3(CCC(C(C)(C)C)CC3)C2=O)cc1. The van der Waals surface area contributed by atoms with Gasteiger partial charge in [0.05, 0.1) is 14.2 Å². The van der Waals surface area contributed by atoms with E-state index in [9.17, 15) is 9.59 Å². The van der Waals surface area contributed by atoms with Crippen LogP contribution in [-0.4, -0.2) is 43.2 Å². The molecule has 1 aromatic rings. The number of urea groups is 1. The minimum atomic E-state index is -0.681. The van der Waals surface area contributed by atoms with Crippen LogP contribution < -0.4 is 15.0 Å². The molecule has 1 aliphatic carbocycles. The Morgan fingerprint density at radius 3 is 2.32 bits per heavy atom. The molecule has 1 saturated heterocycles. The van der Waals surface area contributed by atoms with Crippen LogP contribution in [0.2, 0.25) is 0 Å². The fourth-order valence-corrected chi connectivity index (χ4v) is 4.55. The number of hydrogen-bond donors (Lipinski definition) is 2. The van der Waals surface area contributed by atoms with Gasteiger partial charge < -0.3 is 15.0 Å². The van der Waals surface area contributed by atoms with Crippen molar-refractivity contribution < 1.29 is 19.2 Å². The molecule has 2 aliphatic rings. The number of carbonyl (C=O) groups is 2. The molecule has 1 atom stereocenters. The zero-order chi connectivity index (χ0) is 20.5. The summed E-state index contributed by atoms with van der Waals surface area (Å²) in [4.78, 5) is 28.2. The summed E-state index contributed by atoms with van der Waals surface area (Å²) in [5, 5.41) is 3.03. The number of amides is 3. The first-order valence-corrected chi connectivity index (χ1v) is 10.2. The van der Waals surface area contributed by atoms with Gasteiger partial charge in [-0.25, -0.2) is 9.69 Å². The van der Waals surface area contributed by atoms with E-state index >= 15 is 0 Å². The molecule has 6 heteroatoms. The number of carbonyl (C=O) groups excluding carboxylic acids is 2. The van der Waals surface area contributed by atoms with E-state index in [4.69, 9.17) is 4.74 Å². The van der Waals surface area contributed by atoms with Crippen LogP contribution in [0.4, 0.5) is 4.79 Å². The zero-order valence-corrected chi connectivity index (χ0v) is 17.8. The van der Waals surface area contributed by atoms with Gasteiger partial charge in [-0.05, 0) is 61.3 Å². The van der Waals surface area contributed by atoms with Gasteiger partial charge in [-0.1, -0.05) is 20.8 Å². The maximum atomic E-state index is 13.1. The molecule has 1 unspecified atom stereocenters. The van der Waals surface area contributed by atoms with Crippen molar-refractivity contribution in [2.45, 2.75) is 58.5 Å². The van der Waals surface area contributed by atoms with Crippen LogP contribution >= 0.6 is 0 Å². The summed E-state index contributed by atoms with van der Waals surface area (Å²) in [6.07, 6.45) is 3.46. The summed E-state index contributed by atoms with van der Waals surface area (Å²) in [7, 11) is 3.65. The molecule has 1 aromatic carbocycles. The number of rotatable bonds is 5. The zero-order valence-electron chi connectivity index (χ0n) is 17.8. The first kappa shape index (κ1) is 20.6. The topological polar surface area (TPSA) is 63.1 Å². The van der Waals surface area contributed by atoms with Crippen molar-refractivity contribution in [1.82, 2.24) is 10.2 Å². The lowest BCUT2D eigenvalue weighted by Gasteiger charge is -2.40. The second kappa shape index (κ2) is 7.74. The van der Waals surface area contributed by atoms with Crippen molar-refractivity contribution in [2.75, 3.05) is 20.8 Å². The van der Waals surface area contributed by atoms with Crippen molar-refractivity contribution in [2.24, 2.45) is 11.3 Å². The summed E-state index contributed by atoms with van der Waals surface area (Å²) in [6, 6.07) is 7.65. The third kappa shape index (κ3) is 4.17. The number of nitrogens with zero attached hydrogens (tertiary/aromatic N) is 1. The van der Waals surface area contributed by atoms with E-state index in [1.54, 1.807) is 7.11 Å². The van der Waals surface area contributed by atoms with E-state index in [-0.39, 0.29) is 17.4 Å². The van der Waals surface area contributed by atoms with E-state index in [1.165, 1.54) is 4.90 Å². The molecule has 1 saturated carbocycles. The Hall–Kier alpha value is -2.08. The van der Waals surface area contributed by atoms with Crippen molar-refractivity contribution in [3.8, 4) is 5.75 Å². The lowest BCUT2D eigenvalue weighted by Crippen LogP contribution is -3.09. The van der Waals surface area contributed by atoms with Gasteiger partial charge in [0.25, 0.3) is 5.91 Å². The Labute approximate surface area is 168 Å². The van der Waals surface area contributed by atoms with E-state index in [0.717, 1.165) is 48.4 Å². The van der Waals surface area contributed by atoms with Gasteiger partial charge in [-0.2, -0.15) is 0 Å². The highest BCUT2D eigenvalue weighted by Crippen LogP contribution is 2.43. The second-order valence-electron chi connectivity index (χ2n) is 9.53. The predicted octanol–water partition coefficient (Wildman–Crippen LogP) is 2.19. The number of quaternary nitrogens is 1. The number of ether oxygens (including phenoxy) is 1. The van der Waals surface area contributed by atoms with Crippen LogP contribution in [0.5, 0.6) is 5.75 Å². The van der Waals surface area contributed by atoms with E-state index < -0.39 is 5.54 Å². The summed E-state index contributed by atoms with van der Waals surface area (Å²) >= 11 is 0.